The summed E-state index contributed by atoms with van der Waals surface area (Å²) in [4.78, 5) is 12.9. The molecule has 0 saturated carbocycles. The van der Waals surface area contributed by atoms with Crippen molar-refractivity contribution in [3.05, 3.63) is 255 Å². The fraction of sp³-hybridized carbons (Fsp3) is 0. The fourth-order valence-corrected chi connectivity index (χ4v) is 23.6. The fourth-order valence-electron chi connectivity index (χ4n) is 11.9. The van der Waals surface area contributed by atoms with Crippen LogP contribution < -0.4 is 41.5 Å². The summed E-state index contributed by atoms with van der Waals surface area (Å²) in [5.74, 6) is 0. The molecule has 0 N–H and O–H groups in total. The molecule has 0 atom stereocenters. The summed E-state index contributed by atoms with van der Waals surface area (Å²) in [5.41, 5.74) is 5.32. The van der Waals surface area contributed by atoms with Gasteiger partial charge in [0.1, 0.15) is 11.3 Å². The standard InChI is InChI=1S/C62H42N4SSi2/c1-5-20-44(21-6-1)68(45-22-7-2-8-23-45,49-34-35-50-51-29-13-14-31-55(51)65-38-37-64-61(65)54(50)40-49)48-28-17-19-43(39-48)66-56-42-58-60(41-53(56)52-30-18-36-63-62(52)66)69(46-24-9-3-10-25-46,47-26-11-4-12-27-47)59-33-16-15-32-57(59)67-58/h1-42H. The largest absolute Gasteiger partial charge is 0.299 e. The summed E-state index contributed by atoms with van der Waals surface area (Å²) in [5, 5.41) is 16.8. The van der Waals surface area contributed by atoms with Crippen LogP contribution in [0.1, 0.15) is 0 Å². The summed E-state index contributed by atoms with van der Waals surface area (Å²) in [6, 6.07) is 88.9. The van der Waals surface area contributed by atoms with Crippen molar-refractivity contribution in [1.29, 1.82) is 0 Å². The van der Waals surface area contributed by atoms with E-state index in [1.807, 2.05) is 24.2 Å². The van der Waals surface area contributed by atoms with Gasteiger partial charge in [0.15, 0.2) is 16.1 Å². The predicted octanol–water partition coefficient (Wildman–Crippen LogP) is 9.35. The van der Waals surface area contributed by atoms with Gasteiger partial charge in [-0.1, -0.05) is 206 Å². The third-order valence-corrected chi connectivity index (χ3v) is 25.8. The number of imidazole rings is 1. The zero-order valence-corrected chi connectivity index (χ0v) is 40.3. The lowest BCUT2D eigenvalue weighted by molar-refractivity contribution is 1.13. The average molecular weight is 931 g/mol. The van der Waals surface area contributed by atoms with Gasteiger partial charge in [-0.25, -0.2) is 9.97 Å². The normalized spacial score (nSPS) is 13.3. The molecular formula is C62H42N4SSi2. The number of rotatable bonds is 7. The third-order valence-electron chi connectivity index (χ3n) is 14.7. The molecule has 324 valence electrons. The lowest BCUT2D eigenvalue weighted by Gasteiger charge is -2.40. The molecule has 0 amide bonds. The summed E-state index contributed by atoms with van der Waals surface area (Å²) in [6.45, 7) is 0. The number of pyridine rings is 2. The Balaban J connectivity index is 1.05. The maximum absolute atomic E-state index is 5.23. The lowest BCUT2D eigenvalue weighted by atomic mass is 10.1. The van der Waals surface area contributed by atoms with Crippen molar-refractivity contribution in [2.45, 2.75) is 9.79 Å². The predicted molar refractivity (Wildman–Crippen MR) is 294 cm³/mol. The van der Waals surface area contributed by atoms with E-state index in [-0.39, 0.29) is 0 Å². The minimum absolute atomic E-state index is 0.951. The van der Waals surface area contributed by atoms with E-state index in [0.29, 0.717) is 0 Å². The number of hydrogen-bond donors (Lipinski definition) is 0. The SMILES string of the molecule is c1ccc([Si](c2ccccc2)(c2cccc(-n3c4cc5c(cc4c4cccnc43)[Si](c3ccccc3)(c3ccccc3)c3ccccc3S5)c2)c2ccc3c4ccccc4n4ccnc4c3c2)cc1. The van der Waals surface area contributed by atoms with Crippen LogP contribution in [0.5, 0.6) is 0 Å². The number of benzene rings is 9. The Morgan fingerprint density at radius 2 is 1.00 bits per heavy atom. The second kappa shape index (κ2) is 15.8. The van der Waals surface area contributed by atoms with Gasteiger partial charge in [-0.05, 0) is 89.3 Å². The molecule has 1 aliphatic heterocycles. The van der Waals surface area contributed by atoms with Crippen LogP contribution in [0.2, 0.25) is 0 Å². The number of nitrogens with zero attached hydrogens (tertiary/aromatic N) is 4. The van der Waals surface area contributed by atoms with Crippen molar-refractivity contribution in [3.63, 3.8) is 0 Å². The molecule has 0 radical (unpaired) electrons. The molecule has 69 heavy (non-hydrogen) atoms. The van der Waals surface area contributed by atoms with E-state index in [2.05, 4.69) is 252 Å². The summed E-state index contributed by atoms with van der Waals surface area (Å²) < 4.78 is 4.67. The van der Waals surface area contributed by atoms with Gasteiger partial charge in [-0.2, -0.15) is 0 Å². The zero-order valence-electron chi connectivity index (χ0n) is 37.4. The second-order valence-corrected chi connectivity index (χ2v) is 26.7. The molecule has 0 spiro atoms. The van der Waals surface area contributed by atoms with Gasteiger partial charge in [0, 0.05) is 55.6 Å². The summed E-state index contributed by atoms with van der Waals surface area (Å²) >= 11 is 1.91. The maximum Gasteiger partial charge on any atom is 0.181 e. The Morgan fingerprint density at radius 3 is 1.75 bits per heavy atom. The first-order chi connectivity index (χ1) is 34.2. The van der Waals surface area contributed by atoms with Crippen LogP contribution in [0, 0.1) is 0 Å². The highest BCUT2D eigenvalue weighted by molar-refractivity contribution is 8.00. The molecule has 9 aromatic carbocycles. The van der Waals surface area contributed by atoms with Crippen LogP contribution in [-0.2, 0) is 0 Å². The molecule has 7 heteroatoms. The molecule has 0 fully saturated rings. The summed E-state index contributed by atoms with van der Waals surface area (Å²) in [6.07, 6.45) is 5.96. The first kappa shape index (κ1) is 40.0. The third kappa shape index (κ3) is 5.82. The minimum Gasteiger partial charge on any atom is -0.299 e. The van der Waals surface area contributed by atoms with Gasteiger partial charge >= 0.3 is 0 Å². The molecular weight excluding hydrogens is 889 g/mol. The van der Waals surface area contributed by atoms with Gasteiger partial charge in [0.2, 0.25) is 0 Å². The average Bonchev–Trinajstić information content (AvgIpc) is 4.05. The molecule has 5 heterocycles. The molecule has 1 aliphatic rings. The molecule has 0 aliphatic carbocycles. The zero-order chi connectivity index (χ0) is 45.5. The lowest BCUT2D eigenvalue weighted by Crippen LogP contribution is -2.76. The van der Waals surface area contributed by atoms with E-state index in [9.17, 15) is 0 Å². The first-order valence-corrected chi connectivity index (χ1v) is 28.4. The number of para-hydroxylation sites is 1. The first-order valence-electron chi connectivity index (χ1n) is 23.5. The van der Waals surface area contributed by atoms with E-state index in [0.717, 1.165) is 38.8 Å². The molecule has 14 rings (SSSR count). The van der Waals surface area contributed by atoms with Crippen molar-refractivity contribution in [2.24, 2.45) is 0 Å². The van der Waals surface area contributed by atoms with Crippen molar-refractivity contribution in [1.82, 2.24) is 18.9 Å². The van der Waals surface area contributed by atoms with E-state index < -0.39 is 16.1 Å². The van der Waals surface area contributed by atoms with Crippen LogP contribution >= 0.6 is 11.8 Å². The second-order valence-electron chi connectivity index (χ2n) is 18.1. The van der Waals surface area contributed by atoms with Crippen molar-refractivity contribution < 1.29 is 0 Å². The number of hydrogen-bond acceptors (Lipinski definition) is 3. The van der Waals surface area contributed by atoms with Crippen molar-refractivity contribution in [3.8, 4) is 5.69 Å². The number of aromatic nitrogens is 4. The molecule has 0 saturated heterocycles. The Bertz CT molecular complexity index is 4040. The monoisotopic (exact) mass is 930 g/mol. The molecule has 0 unspecified atom stereocenters. The van der Waals surface area contributed by atoms with Crippen LogP contribution in [0.15, 0.2) is 265 Å². The topological polar surface area (TPSA) is 35.1 Å². The van der Waals surface area contributed by atoms with Gasteiger partial charge in [0.25, 0.3) is 0 Å². The van der Waals surface area contributed by atoms with Gasteiger partial charge in [-0.3, -0.25) is 8.97 Å². The maximum atomic E-state index is 5.23. The van der Waals surface area contributed by atoms with Gasteiger partial charge in [-0.15, -0.1) is 0 Å². The smallest absolute Gasteiger partial charge is 0.181 e. The van der Waals surface area contributed by atoms with E-state index in [1.54, 1.807) is 0 Å². The van der Waals surface area contributed by atoms with Crippen LogP contribution in [0.3, 0.4) is 0 Å². The Hall–Kier alpha value is -8.08. The van der Waals surface area contributed by atoms with Crippen LogP contribution in [0.25, 0.3) is 54.9 Å². The highest BCUT2D eigenvalue weighted by atomic mass is 32.2. The number of fused-ring (bicyclic) bond motifs is 11. The van der Waals surface area contributed by atoms with E-state index >= 15 is 0 Å². The van der Waals surface area contributed by atoms with Crippen LogP contribution in [0.4, 0.5) is 0 Å². The van der Waals surface area contributed by atoms with E-state index in [1.165, 1.54) is 67.4 Å². The Labute approximate surface area is 405 Å². The Kier molecular flexibility index (Phi) is 9.14. The van der Waals surface area contributed by atoms with Gasteiger partial charge < -0.3 is 0 Å². The van der Waals surface area contributed by atoms with Gasteiger partial charge in [0.05, 0.1) is 11.0 Å². The minimum atomic E-state index is -3.06. The molecule has 4 nitrogen and oxygen atoms in total. The highest BCUT2D eigenvalue weighted by Crippen LogP contribution is 2.39. The van der Waals surface area contributed by atoms with Crippen molar-refractivity contribution >= 4 is 119 Å². The van der Waals surface area contributed by atoms with Crippen molar-refractivity contribution in [2.75, 3.05) is 0 Å². The van der Waals surface area contributed by atoms with Crippen LogP contribution in [-0.4, -0.2) is 35.1 Å². The Morgan fingerprint density at radius 1 is 0.377 bits per heavy atom. The molecule has 13 aromatic rings. The molecule has 4 aromatic heterocycles. The summed E-state index contributed by atoms with van der Waals surface area (Å²) in [7, 11) is -5.85. The van der Waals surface area contributed by atoms with E-state index in [4.69, 9.17) is 9.97 Å². The molecule has 0 bridgehead atoms. The quantitative estimate of drug-likeness (QED) is 0.0909. The highest BCUT2D eigenvalue weighted by Gasteiger charge is 2.47.